The number of nitrogens with two attached hydrogens (primary N) is 1. The van der Waals surface area contributed by atoms with Gasteiger partial charge in [0.05, 0.1) is 0 Å². The standard InChI is InChI=1S/C9H22N2/c1-4-9(11-10)7-5-6-8(2)3/h8-9,11H,4-7,10H2,1-3H3. The van der Waals surface area contributed by atoms with Gasteiger partial charge in [0.15, 0.2) is 0 Å². The van der Waals surface area contributed by atoms with Crippen LogP contribution in [0.4, 0.5) is 0 Å². The number of rotatable bonds is 6. The summed E-state index contributed by atoms with van der Waals surface area (Å²) in [5.41, 5.74) is 2.83. The van der Waals surface area contributed by atoms with Crippen molar-refractivity contribution in [1.29, 1.82) is 0 Å². The fourth-order valence-corrected chi connectivity index (χ4v) is 1.18. The molecule has 0 saturated heterocycles. The average molecular weight is 158 g/mol. The zero-order valence-electron chi connectivity index (χ0n) is 8.06. The Morgan fingerprint density at radius 3 is 2.27 bits per heavy atom. The van der Waals surface area contributed by atoms with Gasteiger partial charge >= 0.3 is 0 Å². The monoisotopic (exact) mass is 158 g/mol. The molecule has 0 radical (unpaired) electrons. The predicted octanol–water partition coefficient (Wildman–Crippen LogP) is 2.05. The molecule has 68 valence electrons. The van der Waals surface area contributed by atoms with Gasteiger partial charge in [-0.25, -0.2) is 0 Å². The van der Waals surface area contributed by atoms with E-state index in [1.54, 1.807) is 0 Å². The van der Waals surface area contributed by atoms with Crippen molar-refractivity contribution in [2.45, 2.75) is 52.5 Å². The first-order valence-electron chi connectivity index (χ1n) is 4.66. The molecule has 0 fully saturated rings. The summed E-state index contributed by atoms with van der Waals surface area (Å²) < 4.78 is 0. The van der Waals surface area contributed by atoms with Gasteiger partial charge in [0, 0.05) is 6.04 Å². The van der Waals surface area contributed by atoms with Crippen LogP contribution in [0.2, 0.25) is 0 Å². The molecule has 1 atom stereocenters. The smallest absolute Gasteiger partial charge is 0.0207 e. The number of nitrogens with one attached hydrogen (secondary N) is 1. The fourth-order valence-electron chi connectivity index (χ4n) is 1.18. The second kappa shape index (κ2) is 6.62. The van der Waals surface area contributed by atoms with E-state index in [0.29, 0.717) is 6.04 Å². The minimum absolute atomic E-state index is 0.522. The Balaban J connectivity index is 3.21. The summed E-state index contributed by atoms with van der Waals surface area (Å²) in [6.07, 6.45) is 4.96. The van der Waals surface area contributed by atoms with Gasteiger partial charge in [0.25, 0.3) is 0 Å². The van der Waals surface area contributed by atoms with E-state index in [4.69, 9.17) is 5.84 Å². The van der Waals surface area contributed by atoms with Gasteiger partial charge in [-0.3, -0.25) is 11.3 Å². The van der Waals surface area contributed by atoms with Crippen LogP contribution in [0.3, 0.4) is 0 Å². The number of hydrazine groups is 1. The molecule has 0 amide bonds. The summed E-state index contributed by atoms with van der Waals surface area (Å²) in [4.78, 5) is 0. The Labute approximate surface area is 70.5 Å². The first kappa shape index (κ1) is 10.9. The van der Waals surface area contributed by atoms with Crippen LogP contribution < -0.4 is 11.3 Å². The number of hydrogen-bond acceptors (Lipinski definition) is 2. The maximum absolute atomic E-state index is 5.35. The van der Waals surface area contributed by atoms with Gasteiger partial charge in [-0.2, -0.15) is 0 Å². The van der Waals surface area contributed by atoms with E-state index in [0.717, 1.165) is 12.3 Å². The van der Waals surface area contributed by atoms with Crippen molar-refractivity contribution in [3.63, 3.8) is 0 Å². The van der Waals surface area contributed by atoms with Crippen LogP contribution in [0.5, 0.6) is 0 Å². The van der Waals surface area contributed by atoms with E-state index in [-0.39, 0.29) is 0 Å². The van der Waals surface area contributed by atoms with Crippen LogP contribution in [-0.4, -0.2) is 6.04 Å². The zero-order chi connectivity index (χ0) is 8.69. The van der Waals surface area contributed by atoms with E-state index in [1.807, 2.05) is 0 Å². The molecule has 0 aliphatic heterocycles. The third kappa shape index (κ3) is 6.32. The normalized spacial score (nSPS) is 13.9. The molecule has 0 aromatic heterocycles. The van der Waals surface area contributed by atoms with Crippen molar-refractivity contribution in [2.75, 3.05) is 0 Å². The van der Waals surface area contributed by atoms with Gasteiger partial charge in [0.2, 0.25) is 0 Å². The van der Waals surface area contributed by atoms with Crippen LogP contribution in [0.25, 0.3) is 0 Å². The summed E-state index contributed by atoms with van der Waals surface area (Å²) >= 11 is 0. The second-order valence-electron chi connectivity index (χ2n) is 3.60. The molecule has 0 aromatic carbocycles. The largest absolute Gasteiger partial charge is 0.271 e. The lowest BCUT2D eigenvalue weighted by atomic mass is 10.0. The Kier molecular flexibility index (Phi) is 6.57. The maximum Gasteiger partial charge on any atom is 0.0207 e. The minimum Gasteiger partial charge on any atom is -0.271 e. The van der Waals surface area contributed by atoms with Gasteiger partial charge in [0.1, 0.15) is 0 Å². The summed E-state index contributed by atoms with van der Waals surface area (Å²) in [6.45, 7) is 6.69. The molecule has 0 heterocycles. The molecule has 0 bridgehead atoms. The summed E-state index contributed by atoms with van der Waals surface area (Å²) in [5, 5.41) is 0. The van der Waals surface area contributed by atoms with Crippen molar-refractivity contribution in [3.05, 3.63) is 0 Å². The van der Waals surface area contributed by atoms with E-state index >= 15 is 0 Å². The quantitative estimate of drug-likeness (QED) is 0.458. The van der Waals surface area contributed by atoms with Gasteiger partial charge in [-0.05, 0) is 18.8 Å². The second-order valence-corrected chi connectivity index (χ2v) is 3.60. The Morgan fingerprint density at radius 1 is 1.27 bits per heavy atom. The molecular formula is C9H22N2. The van der Waals surface area contributed by atoms with Crippen LogP contribution in [0, 0.1) is 5.92 Å². The average Bonchev–Trinajstić information content (AvgIpc) is 1.98. The van der Waals surface area contributed by atoms with E-state index in [2.05, 4.69) is 26.2 Å². The highest BCUT2D eigenvalue weighted by molar-refractivity contribution is 4.60. The van der Waals surface area contributed by atoms with Crippen LogP contribution in [-0.2, 0) is 0 Å². The lowest BCUT2D eigenvalue weighted by molar-refractivity contribution is 0.435. The minimum atomic E-state index is 0.522. The van der Waals surface area contributed by atoms with Crippen LogP contribution >= 0.6 is 0 Å². The highest BCUT2D eigenvalue weighted by atomic mass is 15.2. The Bertz CT molecular complexity index is 77.6. The van der Waals surface area contributed by atoms with E-state index < -0.39 is 0 Å². The summed E-state index contributed by atoms with van der Waals surface area (Å²) in [7, 11) is 0. The van der Waals surface area contributed by atoms with Gasteiger partial charge in [-0.1, -0.05) is 33.6 Å². The molecule has 0 rings (SSSR count). The third-order valence-electron chi connectivity index (χ3n) is 2.06. The Morgan fingerprint density at radius 2 is 1.91 bits per heavy atom. The molecule has 3 N–H and O–H groups in total. The van der Waals surface area contributed by atoms with Crippen molar-refractivity contribution in [3.8, 4) is 0 Å². The molecular weight excluding hydrogens is 136 g/mol. The highest BCUT2D eigenvalue weighted by Crippen LogP contribution is 2.09. The molecule has 0 spiro atoms. The van der Waals surface area contributed by atoms with Crippen molar-refractivity contribution in [2.24, 2.45) is 11.8 Å². The topological polar surface area (TPSA) is 38.0 Å². The van der Waals surface area contributed by atoms with Crippen molar-refractivity contribution >= 4 is 0 Å². The molecule has 1 unspecified atom stereocenters. The fraction of sp³-hybridized carbons (Fsp3) is 1.00. The first-order chi connectivity index (χ1) is 5.20. The molecule has 2 nitrogen and oxygen atoms in total. The summed E-state index contributed by atoms with van der Waals surface area (Å²) in [6, 6.07) is 0.522. The van der Waals surface area contributed by atoms with E-state index in [1.165, 1.54) is 19.3 Å². The number of hydrogen-bond donors (Lipinski definition) is 2. The van der Waals surface area contributed by atoms with Crippen LogP contribution in [0.15, 0.2) is 0 Å². The zero-order valence-corrected chi connectivity index (χ0v) is 8.06. The Hall–Kier alpha value is -0.0800. The molecule has 11 heavy (non-hydrogen) atoms. The predicted molar refractivity (Wildman–Crippen MR) is 50.1 cm³/mol. The lowest BCUT2D eigenvalue weighted by Gasteiger charge is -2.13. The van der Waals surface area contributed by atoms with Crippen molar-refractivity contribution < 1.29 is 0 Å². The van der Waals surface area contributed by atoms with Gasteiger partial charge in [-0.15, -0.1) is 0 Å². The van der Waals surface area contributed by atoms with Gasteiger partial charge < -0.3 is 0 Å². The molecule has 2 heteroatoms. The van der Waals surface area contributed by atoms with Crippen LogP contribution in [0.1, 0.15) is 46.5 Å². The SMILES string of the molecule is CCC(CCCC(C)C)NN. The third-order valence-corrected chi connectivity index (χ3v) is 2.06. The highest BCUT2D eigenvalue weighted by Gasteiger charge is 2.02. The molecule has 0 aromatic rings. The molecule has 0 aliphatic rings. The first-order valence-corrected chi connectivity index (χ1v) is 4.66. The van der Waals surface area contributed by atoms with E-state index in [9.17, 15) is 0 Å². The molecule has 0 aliphatic carbocycles. The summed E-state index contributed by atoms with van der Waals surface area (Å²) in [5.74, 6) is 6.17. The molecule has 0 saturated carbocycles. The lowest BCUT2D eigenvalue weighted by Crippen LogP contribution is -2.34. The maximum atomic E-state index is 5.35. The van der Waals surface area contributed by atoms with Crippen molar-refractivity contribution in [1.82, 2.24) is 5.43 Å².